The van der Waals surface area contributed by atoms with Crippen molar-refractivity contribution in [3.63, 3.8) is 0 Å². The number of hydrogen-bond donors (Lipinski definition) is 3. The van der Waals surface area contributed by atoms with Gasteiger partial charge in [-0.15, -0.1) is 0 Å². The van der Waals surface area contributed by atoms with Gasteiger partial charge in [-0.25, -0.2) is 4.98 Å². The van der Waals surface area contributed by atoms with Gasteiger partial charge in [-0.1, -0.05) is 6.92 Å². The van der Waals surface area contributed by atoms with E-state index in [1.807, 2.05) is 13.8 Å². The highest BCUT2D eigenvalue weighted by molar-refractivity contribution is 5.86. The van der Waals surface area contributed by atoms with Gasteiger partial charge in [0.1, 0.15) is 6.54 Å². The van der Waals surface area contributed by atoms with E-state index in [4.69, 9.17) is 5.11 Å². The van der Waals surface area contributed by atoms with Gasteiger partial charge in [0.15, 0.2) is 0 Å². The number of nitrogens with one attached hydrogen (secondary N) is 2. The predicted molar refractivity (Wildman–Crippen MR) is 72.0 cm³/mol. The molecule has 0 aliphatic carbocycles. The van der Waals surface area contributed by atoms with E-state index in [-0.39, 0.29) is 18.5 Å². The van der Waals surface area contributed by atoms with Gasteiger partial charge in [-0.2, -0.15) is 0 Å². The summed E-state index contributed by atoms with van der Waals surface area (Å²) in [7, 11) is 0. The lowest BCUT2D eigenvalue weighted by molar-refractivity contribution is -0.147. The Morgan fingerprint density at radius 3 is 3.00 bits per heavy atom. The summed E-state index contributed by atoms with van der Waals surface area (Å²) >= 11 is 0. The van der Waals surface area contributed by atoms with E-state index in [9.17, 15) is 9.59 Å². The molecule has 0 aromatic carbocycles. The molecule has 2 rings (SSSR count). The number of fused-ring (bicyclic) bond motifs is 1. The van der Waals surface area contributed by atoms with Gasteiger partial charge >= 0.3 is 5.97 Å². The highest BCUT2D eigenvalue weighted by atomic mass is 16.4. The number of aliphatic carboxylic acids is 1. The van der Waals surface area contributed by atoms with Gasteiger partial charge in [0.05, 0.1) is 23.8 Å². The minimum absolute atomic E-state index is 0.0963. The van der Waals surface area contributed by atoms with E-state index in [0.717, 1.165) is 17.8 Å². The van der Waals surface area contributed by atoms with Crippen molar-refractivity contribution < 1.29 is 14.7 Å². The van der Waals surface area contributed by atoms with Crippen LogP contribution < -0.4 is 5.32 Å². The van der Waals surface area contributed by atoms with Crippen LogP contribution in [0.5, 0.6) is 0 Å². The Labute approximate surface area is 117 Å². The van der Waals surface area contributed by atoms with Crippen LogP contribution in [0.4, 0.5) is 0 Å². The SMILES string of the molecule is CCC(C)N(CC(=O)O)C(=O)C1Cc2nc[nH]c2CN1. The highest BCUT2D eigenvalue weighted by Crippen LogP contribution is 2.15. The van der Waals surface area contributed by atoms with Gasteiger partial charge in [0, 0.05) is 19.0 Å². The number of rotatable bonds is 5. The maximum Gasteiger partial charge on any atom is 0.323 e. The van der Waals surface area contributed by atoms with Crippen molar-refractivity contribution in [2.24, 2.45) is 0 Å². The largest absolute Gasteiger partial charge is 0.480 e. The number of nitrogens with zero attached hydrogens (tertiary/aromatic N) is 2. The van der Waals surface area contributed by atoms with Crippen LogP contribution in [0, 0.1) is 0 Å². The van der Waals surface area contributed by atoms with E-state index < -0.39 is 12.0 Å². The second-order valence-corrected chi connectivity index (χ2v) is 5.08. The van der Waals surface area contributed by atoms with Crippen LogP contribution in [0.25, 0.3) is 0 Å². The van der Waals surface area contributed by atoms with Crippen molar-refractivity contribution >= 4 is 11.9 Å². The first-order valence-corrected chi connectivity index (χ1v) is 6.79. The first-order valence-electron chi connectivity index (χ1n) is 6.79. The fourth-order valence-corrected chi connectivity index (χ4v) is 2.36. The quantitative estimate of drug-likeness (QED) is 0.712. The molecule has 0 spiro atoms. The number of carboxylic acids is 1. The Morgan fingerprint density at radius 1 is 1.60 bits per heavy atom. The number of hydrogen-bond acceptors (Lipinski definition) is 4. The van der Waals surface area contributed by atoms with E-state index in [1.54, 1.807) is 6.33 Å². The molecular formula is C13H20N4O3. The normalized spacial score (nSPS) is 19.2. The van der Waals surface area contributed by atoms with Gasteiger partial charge in [0.2, 0.25) is 5.91 Å². The van der Waals surface area contributed by atoms with E-state index in [1.165, 1.54) is 4.90 Å². The summed E-state index contributed by atoms with van der Waals surface area (Å²) < 4.78 is 0. The summed E-state index contributed by atoms with van der Waals surface area (Å²) in [5.41, 5.74) is 1.86. The van der Waals surface area contributed by atoms with Crippen LogP contribution in [0.3, 0.4) is 0 Å². The molecule has 110 valence electrons. The first-order chi connectivity index (χ1) is 9.52. The predicted octanol–water partition coefficient (Wildman–Crippen LogP) is 0.136. The molecule has 0 radical (unpaired) electrons. The average Bonchev–Trinajstić information content (AvgIpc) is 2.90. The number of amides is 1. The molecule has 20 heavy (non-hydrogen) atoms. The number of carbonyl (C=O) groups excluding carboxylic acids is 1. The van der Waals surface area contributed by atoms with E-state index in [2.05, 4.69) is 15.3 Å². The Hall–Kier alpha value is -1.89. The fourth-order valence-electron chi connectivity index (χ4n) is 2.36. The summed E-state index contributed by atoms with van der Waals surface area (Å²) in [6, 6.07) is -0.500. The molecule has 0 fully saturated rings. The summed E-state index contributed by atoms with van der Waals surface area (Å²) in [6.45, 7) is 4.09. The lowest BCUT2D eigenvalue weighted by Crippen LogP contribution is -2.53. The molecule has 7 nitrogen and oxygen atoms in total. The first kappa shape index (κ1) is 14.5. The molecule has 0 saturated carbocycles. The molecule has 0 bridgehead atoms. The summed E-state index contributed by atoms with van der Waals surface area (Å²) in [5.74, 6) is -1.16. The van der Waals surface area contributed by atoms with Crippen LogP contribution in [-0.4, -0.2) is 50.5 Å². The van der Waals surface area contributed by atoms with Crippen LogP contribution in [0.1, 0.15) is 31.7 Å². The minimum Gasteiger partial charge on any atom is -0.480 e. The maximum absolute atomic E-state index is 12.5. The average molecular weight is 280 g/mol. The number of aromatic amines is 1. The Morgan fingerprint density at radius 2 is 2.35 bits per heavy atom. The molecule has 1 amide bonds. The lowest BCUT2D eigenvalue weighted by Gasteiger charge is -2.32. The van der Waals surface area contributed by atoms with Gasteiger partial charge < -0.3 is 15.0 Å². The van der Waals surface area contributed by atoms with Gasteiger partial charge in [0.25, 0.3) is 0 Å². The van der Waals surface area contributed by atoms with Crippen LogP contribution in [-0.2, 0) is 22.6 Å². The van der Waals surface area contributed by atoms with Crippen molar-refractivity contribution in [1.82, 2.24) is 20.2 Å². The number of H-pyrrole nitrogens is 1. The minimum atomic E-state index is -0.991. The Balaban J connectivity index is 2.10. The molecule has 7 heteroatoms. The van der Waals surface area contributed by atoms with Crippen molar-refractivity contribution in [1.29, 1.82) is 0 Å². The molecule has 1 aromatic rings. The molecule has 3 N–H and O–H groups in total. The second kappa shape index (κ2) is 6.04. The third kappa shape index (κ3) is 2.98. The van der Waals surface area contributed by atoms with Crippen molar-refractivity contribution in [2.45, 2.75) is 45.3 Å². The summed E-state index contributed by atoms with van der Waals surface area (Å²) in [5, 5.41) is 12.1. The van der Waals surface area contributed by atoms with Crippen LogP contribution >= 0.6 is 0 Å². The summed E-state index contributed by atoms with van der Waals surface area (Å²) in [4.78, 5) is 32.1. The zero-order valence-electron chi connectivity index (χ0n) is 11.7. The van der Waals surface area contributed by atoms with Crippen molar-refractivity contribution in [2.75, 3.05) is 6.54 Å². The molecular weight excluding hydrogens is 260 g/mol. The number of carbonyl (C=O) groups is 2. The standard InChI is InChI=1S/C13H20N4O3/c1-3-8(2)17(6-12(18)19)13(20)10-4-9-11(5-14-10)16-7-15-9/h7-8,10,14H,3-6H2,1-2H3,(H,15,16)(H,18,19). The van der Waals surface area contributed by atoms with Crippen LogP contribution in [0.15, 0.2) is 6.33 Å². The summed E-state index contributed by atoms with van der Waals surface area (Å²) in [6.07, 6.45) is 2.83. The number of carboxylic acid groups (broad SMARTS) is 1. The van der Waals surface area contributed by atoms with E-state index in [0.29, 0.717) is 13.0 Å². The molecule has 1 aliphatic heterocycles. The maximum atomic E-state index is 12.5. The number of aromatic nitrogens is 2. The third-order valence-electron chi connectivity index (χ3n) is 3.74. The molecule has 1 aliphatic rings. The molecule has 2 heterocycles. The zero-order valence-corrected chi connectivity index (χ0v) is 11.7. The highest BCUT2D eigenvalue weighted by Gasteiger charge is 2.31. The lowest BCUT2D eigenvalue weighted by atomic mass is 10.0. The smallest absolute Gasteiger partial charge is 0.323 e. The second-order valence-electron chi connectivity index (χ2n) is 5.08. The molecule has 2 unspecified atom stereocenters. The van der Waals surface area contributed by atoms with Gasteiger partial charge in [-0.3, -0.25) is 14.9 Å². The Bertz CT molecular complexity index is 500. The molecule has 1 aromatic heterocycles. The topological polar surface area (TPSA) is 98.3 Å². The monoisotopic (exact) mass is 280 g/mol. The zero-order chi connectivity index (χ0) is 14.7. The van der Waals surface area contributed by atoms with E-state index >= 15 is 0 Å². The van der Waals surface area contributed by atoms with Gasteiger partial charge in [-0.05, 0) is 13.3 Å². The third-order valence-corrected chi connectivity index (χ3v) is 3.74. The molecule has 0 saturated heterocycles. The fraction of sp³-hybridized carbons (Fsp3) is 0.615. The van der Waals surface area contributed by atoms with Crippen LogP contribution in [0.2, 0.25) is 0 Å². The van der Waals surface area contributed by atoms with Crippen molar-refractivity contribution in [3.05, 3.63) is 17.7 Å². The number of imidazole rings is 1. The Kier molecular flexibility index (Phi) is 4.39. The van der Waals surface area contributed by atoms with Crippen molar-refractivity contribution in [3.8, 4) is 0 Å². The molecule has 2 atom stereocenters.